The third-order valence-electron chi connectivity index (χ3n) is 1.92. The Labute approximate surface area is 78.8 Å². The SMILES string of the molecule is C[C@@H](NCCCO)c1ccccn1. The molecule has 0 saturated carbocycles. The van der Waals surface area contributed by atoms with E-state index < -0.39 is 0 Å². The molecule has 0 radical (unpaired) electrons. The van der Waals surface area contributed by atoms with Gasteiger partial charge in [-0.05, 0) is 32.0 Å². The molecule has 13 heavy (non-hydrogen) atoms. The molecule has 0 spiro atoms. The molecule has 0 aromatic carbocycles. The molecule has 3 nitrogen and oxygen atoms in total. The summed E-state index contributed by atoms with van der Waals surface area (Å²) >= 11 is 0. The Bertz CT molecular complexity index is 226. The van der Waals surface area contributed by atoms with Crippen LogP contribution in [0.1, 0.15) is 25.1 Å². The van der Waals surface area contributed by atoms with E-state index in [0.29, 0.717) is 0 Å². The molecule has 1 atom stereocenters. The van der Waals surface area contributed by atoms with E-state index in [9.17, 15) is 0 Å². The number of rotatable bonds is 5. The number of aromatic nitrogens is 1. The molecule has 3 heteroatoms. The highest BCUT2D eigenvalue weighted by atomic mass is 16.3. The average Bonchev–Trinajstić information content (AvgIpc) is 2.19. The summed E-state index contributed by atoms with van der Waals surface area (Å²) in [6, 6.07) is 6.14. The first-order chi connectivity index (χ1) is 6.34. The molecule has 0 aliphatic carbocycles. The van der Waals surface area contributed by atoms with Crippen molar-refractivity contribution in [2.24, 2.45) is 0 Å². The molecule has 0 fully saturated rings. The minimum atomic E-state index is 0.238. The number of aliphatic hydroxyl groups excluding tert-OH is 1. The second kappa shape index (κ2) is 5.67. The van der Waals surface area contributed by atoms with Gasteiger partial charge in [-0.2, -0.15) is 0 Å². The van der Waals surface area contributed by atoms with Gasteiger partial charge in [0.15, 0.2) is 0 Å². The van der Waals surface area contributed by atoms with Crippen LogP contribution in [0.5, 0.6) is 0 Å². The Balaban J connectivity index is 2.35. The van der Waals surface area contributed by atoms with E-state index in [2.05, 4.69) is 17.2 Å². The van der Waals surface area contributed by atoms with Gasteiger partial charge in [-0.3, -0.25) is 4.98 Å². The predicted octanol–water partition coefficient (Wildman–Crippen LogP) is 1.11. The second-order valence-electron chi connectivity index (χ2n) is 3.01. The number of aliphatic hydroxyl groups is 1. The summed E-state index contributed by atoms with van der Waals surface area (Å²) in [5.41, 5.74) is 1.04. The second-order valence-corrected chi connectivity index (χ2v) is 3.01. The lowest BCUT2D eigenvalue weighted by molar-refractivity contribution is 0.283. The van der Waals surface area contributed by atoms with Crippen LogP contribution in [-0.2, 0) is 0 Å². The summed E-state index contributed by atoms with van der Waals surface area (Å²) in [5.74, 6) is 0. The van der Waals surface area contributed by atoms with Crippen molar-refractivity contribution in [2.75, 3.05) is 13.2 Å². The van der Waals surface area contributed by atoms with Gasteiger partial charge in [0.2, 0.25) is 0 Å². The van der Waals surface area contributed by atoms with Crippen molar-refractivity contribution in [1.82, 2.24) is 10.3 Å². The molecule has 0 aliphatic rings. The lowest BCUT2D eigenvalue weighted by atomic mass is 10.2. The van der Waals surface area contributed by atoms with Crippen LogP contribution in [-0.4, -0.2) is 23.2 Å². The zero-order valence-electron chi connectivity index (χ0n) is 7.90. The highest BCUT2D eigenvalue weighted by molar-refractivity contribution is 5.07. The number of pyridine rings is 1. The van der Waals surface area contributed by atoms with E-state index in [4.69, 9.17) is 5.11 Å². The fraction of sp³-hybridized carbons (Fsp3) is 0.500. The molecule has 0 aliphatic heterocycles. The highest BCUT2D eigenvalue weighted by Crippen LogP contribution is 2.06. The zero-order chi connectivity index (χ0) is 9.52. The first-order valence-electron chi connectivity index (χ1n) is 4.59. The Morgan fingerprint density at radius 3 is 3.00 bits per heavy atom. The van der Waals surface area contributed by atoms with Crippen molar-refractivity contribution in [3.8, 4) is 0 Å². The van der Waals surface area contributed by atoms with Crippen molar-refractivity contribution in [2.45, 2.75) is 19.4 Å². The molecule has 0 bridgehead atoms. The summed E-state index contributed by atoms with van der Waals surface area (Å²) in [6.07, 6.45) is 2.58. The minimum absolute atomic E-state index is 0.238. The van der Waals surface area contributed by atoms with Gasteiger partial charge in [-0.15, -0.1) is 0 Å². The van der Waals surface area contributed by atoms with E-state index in [1.54, 1.807) is 6.20 Å². The molecular formula is C10H16N2O. The van der Waals surface area contributed by atoms with Gasteiger partial charge in [-0.25, -0.2) is 0 Å². The summed E-state index contributed by atoms with van der Waals surface area (Å²) < 4.78 is 0. The summed E-state index contributed by atoms with van der Waals surface area (Å²) in [6.45, 7) is 3.13. The van der Waals surface area contributed by atoms with Crippen LogP contribution < -0.4 is 5.32 Å². The summed E-state index contributed by atoms with van der Waals surface area (Å²) in [7, 11) is 0. The van der Waals surface area contributed by atoms with Crippen LogP contribution in [0.2, 0.25) is 0 Å². The molecule has 0 unspecified atom stereocenters. The Hall–Kier alpha value is -0.930. The predicted molar refractivity (Wildman–Crippen MR) is 52.4 cm³/mol. The van der Waals surface area contributed by atoms with E-state index in [1.807, 2.05) is 18.2 Å². The largest absolute Gasteiger partial charge is 0.396 e. The van der Waals surface area contributed by atoms with Crippen LogP contribution in [0.4, 0.5) is 0 Å². The van der Waals surface area contributed by atoms with Crippen LogP contribution >= 0.6 is 0 Å². The van der Waals surface area contributed by atoms with E-state index >= 15 is 0 Å². The van der Waals surface area contributed by atoms with Gasteiger partial charge in [-0.1, -0.05) is 6.07 Å². The monoisotopic (exact) mass is 180 g/mol. The lowest BCUT2D eigenvalue weighted by Gasteiger charge is -2.11. The average molecular weight is 180 g/mol. The number of nitrogens with one attached hydrogen (secondary N) is 1. The van der Waals surface area contributed by atoms with Crippen LogP contribution in [0.25, 0.3) is 0 Å². The first kappa shape index (κ1) is 10.2. The van der Waals surface area contributed by atoms with Crippen molar-refractivity contribution < 1.29 is 5.11 Å². The molecule has 72 valence electrons. The van der Waals surface area contributed by atoms with E-state index in [-0.39, 0.29) is 12.6 Å². The minimum Gasteiger partial charge on any atom is -0.396 e. The van der Waals surface area contributed by atoms with Crippen molar-refractivity contribution in [3.05, 3.63) is 30.1 Å². The smallest absolute Gasteiger partial charge is 0.0570 e. The van der Waals surface area contributed by atoms with E-state index in [1.165, 1.54) is 0 Å². The fourth-order valence-electron chi connectivity index (χ4n) is 1.13. The van der Waals surface area contributed by atoms with Gasteiger partial charge in [0.05, 0.1) is 5.69 Å². The Kier molecular flexibility index (Phi) is 4.43. The number of nitrogens with zero attached hydrogens (tertiary/aromatic N) is 1. The van der Waals surface area contributed by atoms with Crippen LogP contribution in [0.3, 0.4) is 0 Å². The zero-order valence-corrected chi connectivity index (χ0v) is 7.90. The van der Waals surface area contributed by atoms with E-state index in [0.717, 1.165) is 18.7 Å². The quantitative estimate of drug-likeness (QED) is 0.667. The van der Waals surface area contributed by atoms with Crippen LogP contribution in [0, 0.1) is 0 Å². The lowest BCUT2D eigenvalue weighted by Crippen LogP contribution is -2.21. The van der Waals surface area contributed by atoms with Crippen molar-refractivity contribution in [3.63, 3.8) is 0 Å². The fourth-order valence-corrected chi connectivity index (χ4v) is 1.13. The maximum absolute atomic E-state index is 8.59. The molecule has 0 saturated heterocycles. The molecule has 1 rings (SSSR count). The number of hydrogen-bond acceptors (Lipinski definition) is 3. The Morgan fingerprint density at radius 2 is 2.38 bits per heavy atom. The van der Waals surface area contributed by atoms with Gasteiger partial charge in [0.1, 0.15) is 0 Å². The van der Waals surface area contributed by atoms with Crippen LogP contribution in [0.15, 0.2) is 24.4 Å². The molecule has 1 aromatic heterocycles. The molecular weight excluding hydrogens is 164 g/mol. The molecule has 2 N–H and O–H groups in total. The van der Waals surface area contributed by atoms with Gasteiger partial charge >= 0.3 is 0 Å². The first-order valence-corrected chi connectivity index (χ1v) is 4.59. The van der Waals surface area contributed by atoms with Crippen molar-refractivity contribution >= 4 is 0 Å². The molecule has 1 aromatic rings. The van der Waals surface area contributed by atoms with Gasteiger partial charge in [0, 0.05) is 18.8 Å². The third-order valence-corrected chi connectivity index (χ3v) is 1.92. The normalized spacial score (nSPS) is 12.8. The molecule has 1 heterocycles. The van der Waals surface area contributed by atoms with Gasteiger partial charge < -0.3 is 10.4 Å². The maximum Gasteiger partial charge on any atom is 0.0570 e. The van der Waals surface area contributed by atoms with Crippen molar-refractivity contribution in [1.29, 1.82) is 0 Å². The number of hydrogen-bond donors (Lipinski definition) is 2. The third kappa shape index (κ3) is 3.53. The maximum atomic E-state index is 8.59. The summed E-state index contributed by atoms with van der Waals surface area (Å²) in [5, 5.41) is 11.9. The Morgan fingerprint density at radius 1 is 1.54 bits per heavy atom. The molecule has 0 amide bonds. The summed E-state index contributed by atoms with van der Waals surface area (Å²) in [4.78, 5) is 4.23. The highest BCUT2D eigenvalue weighted by Gasteiger charge is 2.03. The standard InChI is InChI=1S/C10H16N2O/c1-9(11-7-4-8-13)10-5-2-3-6-12-10/h2-3,5-6,9,11,13H,4,7-8H2,1H3/t9-/m1/s1. The van der Waals surface area contributed by atoms with Gasteiger partial charge in [0.25, 0.3) is 0 Å². The topological polar surface area (TPSA) is 45.1 Å².